The van der Waals surface area contributed by atoms with Crippen LogP contribution in [0.4, 0.5) is 6.01 Å². The van der Waals surface area contributed by atoms with Gasteiger partial charge in [-0.3, -0.25) is 4.79 Å². The molecule has 0 atom stereocenters. The van der Waals surface area contributed by atoms with E-state index >= 15 is 0 Å². The number of carbonyl (C=O) groups excluding carboxylic acids is 1. The third-order valence-electron chi connectivity index (χ3n) is 4.33. The molecular weight excluding hydrogens is 467 g/mol. The number of anilines is 1. The summed E-state index contributed by atoms with van der Waals surface area (Å²) in [5.41, 5.74) is 2.82. The van der Waals surface area contributed by atoms with Crippen LogP contribution in [0.5, 0.6) is 0 Å². The molecule has 6 nitrogen and oxygen atoms in total. The predicted molar refractivity (Wildman–Crippen MR) is 109 cm³/mol. The minimum atomic E-state index is -0.0000716. The maximum Gasteiger partial charge on any atom is 0.300 e. The lowest BCUT2D eigenvalue weighted by Crippen LogP contribution is -2.49. The van der Waals surface area contributed by atoms with Crippen LogP contribution in [0.3, 0.4) is 0 Å². The van der Waals surface area contributed by atoms with Gasteiger partial charge in [0.15, 0.2) is 5.58 Å². The fourth-order valence-electron chi connectivity index (χ4n) is 3.00. The number of carbonyl (C=O) groups is 1. The smallest absolute Gasteiger partial charge is 0.300 e. The summed E-state index contributed by atoms with van der Waals surface area (Å²) >= 11 is 8.24. The summed E-state index contributed by atoms with van der Waals surface area (Å²) in [6.07, 6.45) is 0. The molecule has 8 heteroatoms. The van der Waals surface area contributed by atoms with E-state index in [-0.39, 0.29) is 5.91 Å². The largest absolute Gasteiger partial charge is 0.422 e. The van der Waals surface area contributed by atoms with Crippen LogP contribution in [-0.2, 0) is 0 Å². The van der Waals surface area contributed by atoms with Crippen molar-refractivity contribution < 1.29 is 9.21 Å². The van der Waals surface area contributed by atoms with Crippen LogP contribution in [-0.4, -0.2) is 47.0 Å². The number of aryl methyl sites for hydroxylation is 1. The van der Waals surface area contributed by atoms with Crippen molar-refractivity contribution in [3.05, 3.63) is 50.2 Å². The number of halogens is 2. The number of hydrogen-bond donors (Lipinski definition) is 0. The van der Waals surface area contributed by atoms with Gasteiger partial charge >= 0.3 is 0 Å². The van der Waals surface area contributed by atoms with Crippen LogP contribution >= 0.6 is 34.2 Å². The first-order chi connectivity index (χ1) is 12.5. The molecule has 0 aliphatic carbocycles. The van der Waals surface area contributed by atoms with Gasteiger partial charge in [0.25, 0.3) is 11.9 Å². The summed E-state index contributed by atoms with van der Waals surface area (Å²) in [6, 6.07) is 9.75. The van der Waals surface area contributed by atoms with Gasteiger partial charge in [-0.15, -0.1) is 0 Å². The number of rotatable bonds is 2. The van der Waals surface area contributed by atoms with E-state index in [0.717, 1.165) is 9.26 Å². The van der Waals surface area contributed by atoms with Crippen molar-refractivity contribution in [2.24, 2.45) is 0 Å². The van der Waals surface area contributed by atoms with E-state index in [1.165, 1.54) is 0 Å². The zero-order chi connectivity index (χ0) is 18.3. The number of pyridine rings is 1. The molecule has 134 valence electrons. The van der Waals surface area contributed by atoms with Gasteiger partial charge in [0.2, 0.25) is 5.65 Å². The SMILES string of the molecule is Cc1ccc2oc(N3CCN(C(=O)c4cc(Cl)cc(I)c4)CC3)nc2n1. The second-order valence-electron chi connectivity index (χ2n) is 6.21. The Labute approximate surface area is 169 Å². The van der Waals surface area contributed by atoms with Gasteiger partial charge in [0.05, 0.1) is 0 Å². The molecular formula is C18H16ClIN4O2. The van der Waals surface area contributed by atoms with Gasteiger partial charge < -0.3 is 14.2 Å². The lowest BCUT2D eigenvalue weighted by Gasteiger charge is -2.33. The molecule has 4 rings (SSSR count). The average molecular weight is 483 g/mol. The number of hydrogen-bond acceptors (Lipinski definition) is 5. The van der Waals surface area contributed by atoms with Crippen LogP contribution in [0, 0.1) is 10.5 Å². The Bertz CT molecular complexity index is 962. The Balaban J connectivity index is 1.47. The summed E-state index contributed by atoms with van der Waals surface area (Å²) in [7, 11) is 0. The van der Waals surface area contributed by atoms with Crippen LogP contribution in [0.15, 0.2) is 34.7 Å². The van der Waals surface area contributed by atoms with Crippen LogP contribution < -0.4 is 4.90 Å². The maximum atomic E-state index is 12.7. The summed E-state index contributed by atoms with van der Waals surface area (Å²) in [6.45, 7) is 4.46. The number of benzene rings is 1. The quantitative estimate of drug-likeness (QED) is 0.521. The Morgan fingerprint density at radius 1 is 1.15 bits per heavy atom. The molecule has 3 aromatic rings. The summed E-state index contributed by atoms with van der Waals surface area (Å²) in [4.78, 5) is 25.5. The molecule has 1 aliphatic rings. The molecule has 0 bridgehead atoms. The van der Waals surface area contributed by atoms with E-state index in [1.807, 2.05) is 41.0 Å². The van der Waals surface area contributed by atoms with Gasteiger partial charge in [-0.2, -0.15) is 4.98 Å². The lowest BCUT2D eigenvalue weighted by molar-refractivity contribution is 0.0745. The van der Waals surface area contributed by atoms with E-state index < -0.39 is 0 Å². The van der Waals surface area contributed by atoms with Gasteiger partial charge in [0.1, 0.15) is 0 Å². The minimum Gasteiger partial charge on any atom is -0.422 e. The molecule has 0 saturated carbocycles. The van der Waals surface area contributed by atoms with Crippen LogP contribution in [0.2, 0.25) is 5.02 Å². The van der Waals surface area contributed by atoms with Gasteiger partial charge in [-0.25, -0.2) is 4.98 Å². The molecule has 1 saturated heterocycles. The third kappa shape index (κ3) is 3.50. The second-order valence-corrected chi connectivity index (χ2v) is 7.89. The van der Waals surface area contributed by atoms with Gasteiger partial charge in [0, 0.05) is 46.0 Å². The molecule has 2 aromatic heterocycles. The molecule has 1 amide bonds. The fraction of sp³-hybridized carbons (Fsp3) is 0.278. The van der Waals surface area contributed by atoms with E-state index in [4.69, 9.17) is 16.0 Å². The number of oxazole rings is 1. The highest BCUT2D eigenvalue weighted by molar-refractivity contribution is 14.1. The molecule has 1 fully saturated rings. The molecule has 0 N–H and O–H groups in total. The first-order valence-electron chi connectivity index (χ1n) is 8.24. The van der Waals surface area contributed by atoms with Crippen LogP contribution in [0.1, 0.15) is 16.1 Å². The minimum absolute atomic E-state index is 0.0000716. The van der Waals surface area contributed by atoms with E-state index in [1.54, 1.807) is 6.07 Å². The standard InChI is InChI=1S/C18H16ClIN4O2/c1-11-2-3-15-16(21-11)22-18(26-15)24-6-4-23(5-7-24)17(25)12-8-13(19)10-14(20)9-12/h2-3,8-10H,4-7H2,1H3. The van der Waals surface area contributed by atoms with Crippen molar-refractivity contribution in [1.82, 2.24) is 14.9 Å². The number of piperazine rings is 1. The molecule has 0 radical (unpaired) electrons. The Morgan fingerprint density at radius 3 is 2.65 bits per heavy atom. The first kappa shape index (κ1) is 17.5. The second kappa shape index (κ2) is 7.03. The Morgan fingerprint density at radius 2 is 1.92 bits per heavy atom. The summed E-state index contributed by atoms with van der Waals surface area (Å²) < 4.78 is 6.76. The van der Waals surface area contributed by atoms with Crippen molar-refractivity contribution in [3.8, 4) is 0 Å². The highest BCUT2D eigenvalue weighted by Gasteiger charge is 2.25. The zero-order valence-electron chi connectivity index (χ0n) is 14.1. The van der Waals surface area contributed by atoms with Crippen molar-refractivity contribution in [2.75, 3.05) is 31.1 Å². The van der Waals surface area contributed by atoms with E-state index in [0.29, 0.717) is 54.0 Å². The Hall–Kier alpha value is -1.87. The number of amides is 1. The molecule has 0 unspecified atom stereocenters. The molecule has 0 spiro atoms. The number of aromatic nitrogens is 2. The zero-order valence-corrected chi connectivity index (χ0v) is 17.0. The van der Waals surface area contributed by atoms with Crippen molar-refractivity contribution in [1.29, 1.82) is 0 Å². The highest BCUT2D eigenvalue weighted by atomic mass is 127. The predicted octanol–water partition coefficient (Wildman–Crippen LogP) is 3.75. The monoisotopic (exact) mass is 482 g/mol. The van der Waals surface area contributed by atoms with Crippen molar-refractivity contribution >= 4 is 57.3 Å². The summed E-state index contributed by atoms with van der Waals surface area (Å²) in [5.74, 6) is -0.0000716. The van der Waals surface area contributed by atoms with Crippen molar-refractivity contribution in [2.45, 2.75) is 6.92 Å². The number of fused-ring (bicyclic) bond motifs is 1. The van der Waals surface area contributed by atoms with Crippen LogP contribution in [0.25, 0.3) is 11.2 Å². The summed E-state index contributed by atoms with van der Waals surface area (Å²) in [5, 5.41) is 0.577. The molecule has 3 heterocycles. The Kier molecular flexibility index (Phi) is 4.74. The third-order valence-corrected chi connectivity index (χ3v) is 5.17. The normalized spacial score (nSPS) is 14.9. The van der Waals surface area contributed by atoms with Gasteiger partial charge in [-0.05, 0) is 59.8 Å². The average Bonchev–Trinajstić information content (AvgIpc) is 3.03. The van der Waals surface area contributed by atoms with Crippen molar-refractivity contribution in [3.63, 3.8) is 0 Å². The van der Waals surface area contributed by atoms with E-state index in [9.17, 15) is 4.79 Å². The number of nitrogens with zero attached hydrogens (tertiary/aromatic N) is 4. The molecule has 1 aliphatic heterocycles. The van der Waals surface area contributed by atoms with E-state index in [2.05, 4.69) is 32.6 Å². The highest BCUT2D eigenvalue weighted by Crippen LogP contribution is 2.23. The van der Waals surface area contributed by atoms with Gasteiger partial charge in [-0.1, -0.05) is 11.6 Å². The fourth-order valence-corrected chi connectivity index (χ4v) is 4.09. The lowest BCUT2D eigenvalue weighted by atomic mass is 10.2. The topological polar surface area (TPSA) is 62.5 Å². The molecule has 1 aromatic carbocycles. The molecule has 26 heavy (non-hydrogen) atoms. The first-order valence-corrected chi connectivity index (χ1v) is 9.70. The maximum absolute atomic E-state index is 12.7.